The zero-order valence-corrected chi connectivity index (χ0v) is 12.1. The molecule has 0 radical (unpaired) electrons. The Labute approximate surface area is 120 Å². The van der Waals surface area contributed by atoms with Gasteiger partial charge in [0.25, 0.3) is 0 Å². The molecule has 0 heterocycles. The molecule has 1 aromatic rings. The van der Waals surface area contributed by atoms with E-state index in [1.54, 1.807) is 7.11 Å². The van der Waals surface area contributed by atoms with Gasteiger partial charge in [0, 0.05) is 18.6 Å². The van der Waals surface area contributed by atoms with E-state index in [0.29, 0.717) is 12.3 Å². The van der Waals surface area contributed by atoms with Gasteiger partial charge in [-0.2, -0.15) is 0 Å². The average molecular weight is 277 g/mol. The first-order valence-electron chi connectivity index (χ1n) is 7.24. The van der Waals surface area contributed by atoms with Crippen LogP contribution in [0.3, 0.4) is 0 Å². The van der Waals surface area contributed by atoms with Crippen molar-refractivity contribution in [1.29, 1.82) is 0 Å². The number of hydrogen-bond donors (Lipinski definition) is 2. The number of amides is 1. The molecule has 1 fully saturated rings. The Balaban J connectivity index is 1.91. The van der Waals surface area contributed by atoms with E-state index in [1.807, 2.05) is 31.2 Å². The number of methoxy groups -OCH3 is 1. The molecule has 20 heavy (non-hydrogen) atoms. The summed E-state index contributed by atoms with van der Waals surface area (Å²) in [5.74, 6) is 1.31. The number of hydrogen-bond acceptors (Lipinski definition) is 3. The minimum Gasteiger partial charge on any atom is -0.497 e. The lowest BCUT2D eigenvalue weighted by atomic mass is 10.1. The Kier molecular flexibility index (Phi) is 5.01. The van der Waals surface area contributed by atoms with Crippen molar-refractivity contribution in [2.45, 2.75) is 38.1 Å². The fraction of sp³-hybridized carbons (Fsp3) is 0.562. The van der Waals surface area contributed by atoms with Crippen LogP contribution in [-0.4, -0.2) is 30.8 Å². The van der Waals surface area contributed by atoms with Crippen LogP contribution in [0.15, 0.2) is 24.3 Å². The van der Waals surface area contributed by atoms with Gasteiger partial charge in [-0.1, -0.05) is 19.1 Å². The molecule has 1 aromatic carbocycles. The standard InChI is InChI=1S/C16H23NO3/c1-3-12(7-8-18)17-16(19)15-10-14(15)11-5-4-6-13(9-11)20-2/h4-6,9,12,14-15,18H,3,7-8,10H2,1-2H3,(H,17,19). The fourth-order valence-electron chi connectivity index (χ4n) is 2.57. The zero-order chi connectivity index (χ0) is 14.5. The minimum absolute atomic E-state index is 0.0647. The van der Waals surface area contributed by atoms with Crippen LogP contribution >= 0.6 is 0 Å². The summed E-state index contributed by atoms with van der Waals surface area (Å²) >= 11 is 0. The van der Waals surface area contributed by atoms with Crippen LogP contribution in [0.2, 0.25) is 0 Å². The molecule has 2 N–H and O–H groups in total. The molecule has 2 rings (SSSR count). The van der Waals surface area contributed by atoms with E-state index in [0.717, 1.165) is 18.6 Å². The molecule has 1 saturated carbocycles. The maximum atomic E-state index is 12.2. The van der Waals surface area contributed by atoms with Gasteiger partial charge in [0.15, 0.2) is 0 Å². The van der Waals surface area contributed by atoms with Crippen LogP contribution in [0.25, 0.3) is 0 Å². The number of benzene rings is 1. The Bertz CT molecular complexity index is 461. The van der Waals surface area contributed by atoms with E-state index >= 15 is 0 Å². The normalized spacial score (nSPS) is 22.1. The van der Waals surface area contributed by atoms with Crippen molar-refractivity contribution < 1.29 is 14.6 Å². The van der Waals surface area contributed by atoms with Crippen molar-refractivity contribution in [2.75, 3.05) is 13.7 Å². The smallest absolute Gasteiger partial charge is 0.223 e. The van der Waals surface area contributed by atoms with Crippen LogP contribution in [0.5, 0.6) is 5.75 Å². The van der Waals surface area contributed by atoms with Gasteiger partial charge in [0.05, 0.1) is 7.11 Å². The minimum atomic E-state index is 0.0647. The summed E-state index contributed by atoms with van der Waals surface area (Å²) in [6, 6.07) is 8.00. The predicted molar refractivity (Wildman–Crippen MR) is 77.8 cm³/mol. The number of carbonyl (C=O) groups is 1. The number of aliphatic hydroxyl groups is 1. The molecule has 0 saturated heterocycles. The second kappa shape index (κ2) is 6.75. The van der Waals surface area contributed by atoms with E-state index in [-0.39, 0.29) is 24.5 Å². The first-order valence-corrected chi connectivity index (χ1v) is 7.24. The summed E-state index contributed by atoms with van der Waals surface area (Å²) in [6.45, 7) is 2.13. The second-order valence-corrected chi connectivity index (χ2v) is 5.35. The number of carbonyl (C=O) groups excluding carboxylic acids is 1. The van der Waals surface area contributed by atoms with E-state index in [2.05, 4.69) is 5.32 Å². The van der Waals surface area contributed by atoms with Gasteiger partial charge in [-0.05, 0) is 42.9 Å². The third kappa shape index (κ3) is 3.51. The summed E-state index contributed by atoms with van der Waals surface area (Å²) in [7, 11) is 1.65. The summed E-state index contributed by atoms with van der Waals surface area (Å²) in [5, 5.41) is 12.0. The van der Waals surface area contributed by atoms with Crippen molar-refractivity contribution in [1.82, 2.24) is 5.32 Å². The van der Waals surface area contributed by atoms with E-state index in [9.17, 15) is 4.79 Å². The summed E-state index contributed by atoms with van der Waals surface area (Å²) < 4.78 is 5.21. The summed E-state index contributed by atoms with van der Waals surface area (Å²) in [4.78, 5) is 12.2. The van der Waals surface area contributed by atoms with E-state index in [1.165, 1.54) is 5.56 Å². The highest BCUT2D eigenvalue weighted by Gasteiger charge is 2.44. The molecule has 0 aliphatic heterocycles. The summed E-state index contributed by atoms with van der Waals surface area (Å²) in [6.07, 6.45) is 2.37. The monoisotopic (exact) mass is 277 g/mol. The van der Waals surface area contributed by atoms with Gasteiger partial charge < -0.3 is 15.2 Å². The van der Waals surface area contributed by atoms with Crippen LogP contribution < -0.4 is 10.1 Å². The zero-order valence-electron chi connectivity index (χ0n) is 12.1. The highest BCUT2D eigenvalue weighted by atomic mass is 16.5. The highest BCUT2D eigenvalue weighted by molar-refractivity contribution is 5.83. The molecule has 0 spiro atoms. The lowest BCUT2D eigenvalue weighted by Gasteiger charge is -2.15. The van der Waals surface area contributed by atoms with Crippen molar-refractivity contribution in [3.63, 3.8) is 0 Å². The molecule has 4 heteroatoms. The first kappa shape index (κ1) is 14.9. The Hall–Kier alpha value is -1.55. The van der Waals surface area contributed by atoms with Gasteiger partial charge >= 0.3 is 0 Å². The molecule has 110 valence electrons. The average Bonchev–Trinajstić information content (AvgIpc) is 3.27. The number of aliphatic hydroxyl groups excluding tert-OH is 1. The second-order valence-electron chi connectivity index (χ2n) is 5.35. The van der Waals surface area contributed by atoms with Crippen LogP contribution in [0, 0.1) is 5.92 Å². The molecular formula is C16H23NO3. The van der Waals surface area contributed by atoms with Gasteiger partial charge in [-0.25, -0.2) is 0 Å². The van der Waals surface area contributed by atoms with Crippen molar-refractivity contribution >= 4 is 5.91 Å². The third-order valence-electron chi connectivity index (χ3n) is 3.97. The van der Waals surface area contributed by atoms with Crippen molar-refractivity contribution in [3.8, 4) is 5.75 Å². The maximum absolute atomic E-state index is 12.2. The lowest BCUT2D eigenvalue weighted by molar-refractivity contribution is -0.123. The molecule has 0 aromatic heterocycles. The van der Waals surface area contributed by atoms with Gasteiger partial charge in [-0.3, -0.25) is 4.79 Å². The number of nitrogens with one attached hydrogen (secondary N) is 1. The SMILES string of the molecule is CCC(CCO)NC(=O)C1CC1c1cccc(OC)c1. The van der Waals surface area contributed by atoms with E-state index in [4.69, 9.17) is 9.84 Å². The molecule has 1 amide bonds. The molecule has 1 aliphatic rings. The third-order valence-corrected chi connectivity index (χ3v) is 3.97. The number of rotatable bonds is 7. The van der Waals surface area contributed by atoms with Crippen molar-refractivity contribution in [3.05, 3.63) is 29.8 Å². The van der Waals surface area contributed by atoms with Gasteiger partial charge in [0.1, 0.15) is 5.75 Å². The van der Waals surface area contributed by atoms with Gasteiger partial charge in [0.2, 0.25) is 5.91 Å². The lowest BCUT2D eigenvalue weighted by Crippen LogP contribution is -2.36. The largest absolute Gasteiger partial charge is 0.497 e. The van der Waals surface area contributed by atoms with Gasteiger partial charge in [-0.15, -0.1) is 0 Å². The maximum Gasteiger partial charge on any atom is 0.223 e. The van der Waals surface area contributed by atoms with Crippen molar-refractivity contribution in [2.24, 2.45) is 5.92 Å². The molecule has 3 atom stereocenters. The molecule has 0 bridgehead atoms. The summed E-state index contributed by atoms with van der Waals surface area (Å²) in [5.41, 5.74) is 1.17. The molecular weight excluding hydrogens is 254 g/mol. The molecule has 1 aliphatic carbocycles. The van der Waals surface area contributed by atoms with Crippen LogP contribution in [0.4, 0.5) is 0 Å². The quantitative estimate of drug-likeness (QED) is 0.802. The first-order chi connectivity index (χ1) is 9.69. The number of ether oxygens (including phenoxy) is 1. The fourth-order valence-corrected chi connectivity index (χ4v) is 2.57. The topological polar surface area (TPSA) is 58.6 Å². The van der Waals surface area contributed by atoms with Crippen LogP contribution in [0.1, 0.15) is 37.7 Å². The highest BCUT2D eigenvalue weighted by Crippen LogP contribution is 2.48. The molecule has 3 unspecified atom stereocenters. The Morgan fingerprint density at radius 2 is 2.35 bits per heavy atom. The Morgan fingerprint density at radius 3 is 3.00 bits per heavy atom. The van der Waals surface area contributed by atoms with Crippen LogP contribution in [-0.2, 0) is 4.79 Å². The molecule has 4 nitrogen and oxygen atoms in total. The Morgan fingerprint density at radius 1 is 1.55 bits per heavy atom. The predicted octanol–water partition coefficient (Wildman–Crippen LogP) is 2.08. The van der Waals surface area contributed by atoms with E-state index < -0.39 is 0 Å².